The standard InChI is InChI=1S/C10H18N2O5S/c13-8-3-12(4-9(8)14)5-10(15)11-7-1-2-18(16,17)6-7/h7-9,13-14H,1-6H2,(H,11,15). The second kappa shape index (κ2) is 5.12. The van der Waals surface area contributed by atoms with Crippen LogP contribution >= 0.6 is 0 Å². The lowest BCUT2D eigenvalue weighted by atomic mass is 10.2. The zero-order chi connectivity index (χ0) is 13.3. The van der Waals surface area contributed by atoms with Gasteiger partial charge in [-0.05, 0) is 6.42 Å². The van der Waals surface area contributed by atoms with E-state index in [0.29, 0.717) is 6.42 Å². The van der Waals surface area contributed by atoms with Crippen molar-refractivity contribution in [2.24, 2.45) is 0 Å². The number of nitrogens with zero attached hydrogens (tertiary/aromatic N) is 1. The van der Waals surface area contributed by atoms with Crippen LogP contribution in [0.1, 0.15) is 6.42 Å². The predicted molar refractivity (Wildman–Crippen MR) is 63.7 cm³/mol. The Bertz CT molecular complexity index is 414. The number of carbonyl (C=O) groups is 1. The molecular weight excluding hydrogens is 260 g/mol. The fourth-order valence-electron chi connectivity index (χ4n) is 2.36. The first-order chi connectivity index (χ1) is 8.35. The summed E-state index contributed by atoms with van der Waals surface area (Å²) in [6.07, 6.45) is -1.17. The lowest BCUT2D eigenvalue weighted by molar-refractivity contribution is -0.122. The smallest absolute Gasteiger partial charge is 0.234 e. The quantitative estimate of drug-likeness (QED) is 0.520. The van der Waals surface area contributed by atoms with Gasteiger partial charge >= 0.3 is 0 Å². The zero-order valence-corrected chi connectivity index (χ0v) is 10.8. The molecule has 1 amide bonds. The molecule has 3 atom stereocenters. The van der Waals surface area contributed by atoms with Gasteiger partial charge in [-0.15, -0.1) is 0 Å². The molecule has 2 fully saturated rings. The van der Waals surface area contributed by atoms with Crippen LogP contribution in [0.25, 0.3) is 0 Å². The van der Waals surface area contributed by atoms with Crippen LogP contribution < -0.4 is 5.32 Å². The van der Waals surface area contributed by atoms with Crippen molar-refractivity contribution in [2.45, 2.75) is 24.7 Å². The molecule has 0 aromatic heterocycles. The summed E-state index contributed by atoms with van der Waals surface area (Å²) in [7, 11) is -2.99. The first kappa shape index (κ1) is 13.7. The summed E-state index contributed by atoms with van der Waals surface area (Å²) in [6.45, 7) is 0.597. The highest BCUT2D eigenvalue weighted by Gasteiger charge is 2.32. The number of aliphatic hydroxyl groups is 2. The topological polar surface area (TPSA) is 107 Å². The molecule has 2 heterocycles. The van der Waals surface area contributed by atoms with Crippen LogP contribution in [-0.2, 0) is 14.6 Å². The van der Waals surface area contributed by atoms with Gasteiger partial charge in [0.25, 0.3) is 0 Å². The van der Waals surface area contributed by atoms with E-state index in [4.69, 9.17) is 0 Å². The Hall–Kier alpha value is -0.700. The molecule has 0 aromatic rings. The normalized spacial score (nSPS) is 35.8. The van der Waals surface area contributed by atoms with Crippen molar-refractivity contribution in [1.29, 1.82) is 0 Å². The van der Waals surface area contributed by atoms with Crippen molar-refractivity contribution in [3.8, 4) is 0 Å². The third-order valence-electron chi connectivity index (χ3n) is 3.30. The van der Waals surface area contributed by atoms with Gasteiger partial charge in [0, 0.05) is 19.1 Å². The van der Waals surface area contributed by atoms with Crippen molar-refractivity contribution >= 4 is 15.7 Å². The maximum absolute atomic E-state index is 11.7. The highest BCUT2D eigenvalue weighted by Crippen LogP contribution is 2.12. The van der Waals surface area contributed by atoms with E-state index in [1.54, 1.807) is 4.90 Å². The summed E-state index contributed by atoms with van der Waals surface area (Å²) in [4.78, 5) is 13.3. The number of amides is 1. The van der Waals surface area contributed by atoms with Crippen LogP contribution in [0.3, 0.4) is 0 Å². The van der Waals surface area contributed by atoms with Gasteiger partial charge in [0.1, 0.15) is 0 Å². The van der Waals surface area contributed by atoms with E-state index in [1.165, 1.54) is 0 Å². The molecule has 2 aliphatic rings. The molecule has 0 saturated carbocycles. The minimum absolute atomic E-state index is 0.00396. The Morgan fingerprint density at radius 2 is 1.89 bits per heavy atom. The van der Waals surface area contributed by atoms with Crippen molar-refractivity contribution in [3.63, 3.8) is 0 Å². The van der Waals surface area contributed by atoms with E-state index in [2.05, 4.69) is 5.32 Å². The van der Waals surface area contributed by atoms with Gasteiger partial charge in [0.05, 0.1) is 30.3 Å². The molecule has 0 radical (unpaired) electrons. The SMILES string of the molecule is O=C(CN1CC(O)C(O)C1)NC1CCS(=O)(=O)C1. The lowest BCUT2D eigenvalue weighted by Gasteiger charge is -2.16. The van der Waals surface area contributed by atoms with E-state index < -0.39 is 22.0 Å². The third-order valence-corrected chi connectivity index (χ3v) is 5.07. The Morgan fingerprint density at radius 3 is 2.39 bits per heavy atom. The highest BCUT2D eigenvalue weighted by atomic mass is 32.2. The number of likely N-dealkylation sites (tertiary alicyclic amines) is 1. The summed E-state index contributed by atoms with van der Waals surface area (Å²) >= 11 is 0. The first-order valence-electron chi connectivity index (χ1n) is 5.94. The highest BCUT2D eigenvalue weighted by molar-refractivity contribution is 7.91. The fraction of sp³-hybridized carbons (Fsp3) is 0.900. The minimum atomic E-state index is -2.99. The molecule has 0 aromatic carbocycles. The third kappa shape index (κ3) is 3.41. The summed E-state index contributed by atoms with van der Waals surface area (Å²) in [6, 6.07) is -0.306. The molecule has 0 spiro atoms. The number of rotatable bonds is 3. The maximum atomic E-state index is 11.7. The van der Waals surface area contributed by atoms with Crippen molar-refractivity contribution in [3.05, 3.63) is 0 Å². The van der Waals surface area contributed by atoms with Crippen LogP contribution in [0.15, 0.2) is 0 Å². The van der Waals surface area contributed by atoms with Crippen molar-refractivity contribution in [1.82, 2.24) is 10.2 Å². The van der Waals surface area contributed by atoms with Crippen molar-refractivity contribution < 1.29 is 23.4 Å². The minimum Gasteiger partial charge on any atom is -0.389 e. The summed E-state index contributed by atoms with van der Waals surface area (Å²) in [5.74, 6) is -0.137. The fourth-order valence-corrected chi connectivity index (χ4v) is 4.03. The average Bonchev–Trinajstić information content (AvgIpc) is 2.71. The van der Waals surface area contributed by atoms with Crippen LogP contribution in [0.5, 0.6) is 0 Å². The number of carbonyl (C=O) groups excluding carboxylic acids is 1. The first-order valence-corrected chi connectivity index (χ1v) is 7.76. The van der Waals surface area contributed by atoms with Gasteiger partial charge in [0.15, 0.2) is 9.84 Å². The van der Waals surface area contributed by atoms with Gasteiger partial charge in [-0.2, -0.15) is 0 Å². The maximum Gasteiger partial charge on any atom is 0.234 e. The molecule has 3 N–H and O–H groups in total. The molecule has 2 aliphatic heterocycles. The number of β-amino-alcohol motifs (C(OH)–C–C–N with tert-alkyl or cyclic N) is 2. The van der Waals surface area contributed by atoms with Crippen LogP contribution in [0.4, 0.5) is 0 Å². The van der Waals surface area contributed by atoms with Crippen LogP contribution in [0, 0.1) is 0 Å². The van der Waals surface area contributed by atoms with Crippen LogP contribution in [-0.4, -0.2) is 78.8 Å². The molecule has 18 heavy (non-hydrogen) atoms. The van der Waals surface area contributed by atoms with Gasteiger partial charge in [-0.3, -0.25) is 9.69 Å². The van der Waals surface area contributed by atoms with E-state index in [9.17, 15) is 23.4 Å². The summed E-state index contributed by atoms with van der Waals surface area (Å²) in [5, 5.41) is 21.3. The summed E-state index contributed by atoms with van der Waals surface area (Å²) in [5.41, 5.74) is 0. The number of hydrogen-bond acceptors (Lipinski definition) is 6. The molecule has 3 unspecified atom stereocenters. The Labute approximate surface area is 106 Å². The van der Waals surface area contributed by atoms with E-state index >= 15 is 0 Å². The largest absolute Gasteiger partial charge is 0.389 e. The van der Waals surface area contributed by atoms with E-state index in [1.807, 2.05) is 0 Å². The number of aliphatic hydroxyl groups excluding tert-OH is 2. The molecule has 2 saturated heterocycles. The van der Waals surface area contributed by atoms with Gasteiger partial charge in [-0.25, -0.2) is 8.42 Å². The second-order valence-corrected chi connectivity index (χ2v) is 7.22. The van der Waals surface area contributed by atoms with E-state index in [0.717, 1.165) is 0 Å². The molecule has 8 heteroatoms. The molecule has 0 aliphatic carbocycles. The Kier molecular flexibility index (Phi) is 3.90. The molecule has 104 valence electrons. The molecular formula is C10H18N2O5S. The number of hydrogen-bond donors (Lipinski definition) is 3. The molecule has 2 rings (SSSR count). The van der Waals surface area contributed by atoms with E-state index in [-0.39, 0.29) is 43.1 Å². The molecule has 0 bridgehead atoms. The Morgan fingerprint density at radius 1 is 1.28 bits per heavy atom. The number of nitrogens with one attached hydrogen (secondary N) is 1. The van der Waals surface area contributed by atoms with Gasteiger partial charge in [0.2, 0.25) is 5.91 Å². The Balaban J connectivity index is 1.76. The lowest BCUT2D eigenvalue weighted by Crippen LogP contribution is -2.42. The van der Waals surface area contributed by atoms with Gasteiger partial charge in [-0.1, -0.05) is 0 Å². The average molecular weight is 278 g/mol. The monoisotopic (exact) mass is 278 g/mol. The van der Waals surface area contributed by atoms with Crippen molar-refractivity contribution in [2.75, 3.05) is 31.1 Å². The second-order valence-electron chi connectivity index (χ2n) is 5.00. The van der Waals surface area contributed by atoms with Gasteiger partial charge < -0.3 is 15.5 Å². The number of sulfone groups is 1. The predicted octanol–water partition coefficient (Wildman–Crippen LogP) is -2.67. The molecule has 7 nitrogen and oxygen atoms in total. The zero-order valence-electron chi connectivity index (χ0n) is 9.95. The summed E-state index contributed by atoms with van der Waals surface area (Å²) < 4.78 is 22.5. The van der Waals surface area contributed by atoms with Crippen LogP contribution in [0.2, 0.25) is 0 Å².